The van der Waals surface area contributed by atoms with Crippen LogP contribution in [0.2, 0.25) is 0 Å². The fraction of sp³-hybridized carbons (Fsp3) is 0. The summed E-state index contributed by atoms with van der Waals surface area (Å²) >= 11 is 0. The van der Waals surface area contributed by atoms with Gasteiger partial charge in [-0.1, -0.05) is 261 Å². The predicted octanol–water partition coefficient (Wildman–Crippen LogP) is 15.9. The van der Waals surface area contributed by atoms with Gasteiger partial charge in [-0.05, 0) is 96.6 Å². The zero-order chi connectivity index (χ0) is 49.7. The van der Waals surface area contributed by atoms with E-state index in [1.54, 1.807) is 0 Å². The summed E-state index contributed by atoms with van der Waals surface area (Å²) in [6.45, 7) is 0. The Morgan fingerprint density at radius 3 is 1.24 bits per heavy atom. The van der Waals surface area contributed by atoms with Gasteiger partial charge in [0.05, 0.1) is 27.8 Å². The van der Waals surface area contributed by atoms with Gasteiger partial charge in [-0.3, -0.25) is 0 Å². The van der Waals surface area contributed by atoms with Crippen LogP contribution in [0.4, 0.5) is 0 Å². The molecule has 0 unspecified atom stereocenters. The third-order valence-corrected chi connectivity index (χ3v) is 20.2. The van der Waals surface area contributed by atoms with Crippen LogP contribution in [0.25, 0.3) is 99.5 Å². The summed E-state index contributed by atoms with van der Waals surface area (Å²) in [5.74, 6) is 0. The Morgan fingerprint density at radius 1 is 0.227 bits per heavy atom. The molecule has 2 nitrogen and oxygen atoms in total. The Balaban J connectivity index is 1.07. The number of nitrogens with zero attached hydrogens (tertiary/aromatic N) is 2. The maximum atomic E-state index is 2.56. The van der Waals surface area contributed by atoms with Crippen LogP contribution in [0.15, 0.2) is 303 Å². The molecule has 0 aliphatic rings. The lowest BCUT2D eigenvalue weighted by molar-refractivity contribution is 1.18. The topological polar surface area (TPSA) is 9.86 Å². The molecule has 0 radical (unpaired) electrons. The van der Waals surface area contributed by atoms with Crippen molar-refractivity contribution >= 4 is 72.4 Å². The quantitative estimate of drug-likeness (QED) is 0.0955. The van der Waals surface area contributed by atoms with Gasteiger partial charge >= 0.3 is 0 Å². The number of fused-ring (bicyclic) bond motifs is 6. The van der Waals surface area contributed by atoms with E-state index < -0.39 is 8.07 Å². The number of para-hydroxylation sites is 3. The normalized spacial score (nSPS) is 11.7. The fourth-order valence-electron chi connectivity index (χ4n) is 12.2. The standard InChI is InChI=1S/C72H50N2Si/c1-7-24-51(25-8-1)52-42-45-59(46-43-52)75(57-32-15-5-16-33-57,58-34-17-6-18-35-58)60-49-64(53-26-9-2-10-27-53)72(65(50-60)54-28-11-3-12-29-54)74-67-39-21-19-36-62(67)66-48-55(44-47-69(66)74)61-38-23-41-70-71(61)63-37-20-22-40-68(63)73(70)56-30-13-4-14-31-56/h1-50H. The summed E-state index contributed by atoms with van der Waals surface area (Å²) in [6, 6.07) is 113. The molecule has 0 aliphatic heterocycles. The maximum Gasteiger partial charge on any atom is 0.179 e. The second kappa shape index (κ2) is 18.5. The molecule has 0 amide bonds. The first-order valence-corrected chi connectivity index (χ1v) is 27.9. The summed E-state index contributed by atoms with van der Waals surface area (Å²) < 4.78 is 4.97. The summed E-state index contributed by atoms with van der Waals surface area (Å²) in [4.78, 5) is 0. The molecule has 2 aromatic heterocycles. The van der Waals surface area contributed by atoms with E-state index in [-0.39, 0.29) is 0 Å². The SMILES string of the molecule is c1ccc(-c2ccc([Si](c3ccccc3)(c3ccccc3)c3cc(-c4ccccc4)c(-n4c5ccccc5c5cc(-c6cccc7c6c6ccccc6n7-c6ccccc6)ccc54)c(-c4ccccc4)c3)cc2)cc1. The minimum absolute atomic E-state index is 1.15. The molecule has 0 aliphatic carbocycles. The van der Waals surface area contributed by atoms with Crippen LogP contribution in [0.5, 0.6) is 0 Å². The van der Waals surface area contributed by atoms with Crippen molar-refractivity contribution in [2.75, 3.05) is 0 Å². The first-order valence-electron chi connectivity index (χ1n) is 25.9. The number of benzene rings is 12. The van der Waals surface area contributed by atoms with Gasteiger partial charge in [0.25, 0.3) is 0 Å². The van der Waals surface area contributed by atoms with E-state index in [1.165, 1.54) is 97.8 Å². The Bertz CT molecular complexity index is 4250. The Kier molecular flexibility index (Phi) is 10.9. The van der Waals surface area contributed by atoms with E-state index in [1.807, 2.05) is 0 Å². The van der Waals surface area contributed by atoms with Gasteiger partial charge in [-0.25, -0.2) is 0 Å². The van der Waals surface area contributed by atoms with Crippen molar-refractivity contribution in [2.24, 2.45) is 0 Å². The van der Waals surface area contributed by atoms with E-state index in [0.717, 1.165) is 22.4 Å². The average Bonchev–Trinajstić information content (AvgIpc) is 4.06. The average molecular weight is 971 g/mol. The fourth-order valence-corrected chi connectivity index (χ4v) is 17.0. The summed E-state index contributed by atoms with van der Waals surface area (Å²) in [5, 5.41) is 10.2. The second-order valence-electron chi connectivity index (χ2n) is 19.5. The summed E-state index contributed by atoms with van der Waals surface area (Å²) in [6.07, 6.45) is 0. The number of aromatic nitrogens is 2. The van der Waals surface area contributed by atoms with Crippen LogP contribution < -0.4 is 20.7 Å². The number of hydrogen-bond donors (Lipinski definition) is 0. The monoisotopic (exact) mass is 970 g/mol. The van der Waals surface area contributed by atoms with E-state index in [2.05, 4.69) is 312 Å². The van der Waals surface area contributed by atoms with Gasteiger partial charge in [0.2, 0.25) is 0 Å². The number of hydrogen-bond acceptors (Lipinski definition) is 0. The lowest BCUT2D eigenvalue weighted by Gasteiger charge is -2.36. The highest BCUT2D eigenvalue weighted by atomic mass is 28.3. The van der Waals surface area contributed by atoms with Crippen molar-refractivity contribution in [1.29, 1.82) is 0 Å². The third-order valence-electron chi connectivity index (χ3n) is 15.5. The zero-order valence-electron chi connectivity index (χ0n) is 41.3. The Morgan fingerprint density at radius 2 is 0.653 bits per heavy atom. The highest BCUT2D eigenvalue weighted by Crippen LogP contribution is 2.44. The maximum absolute atomic E-state index is 3.09. The van der Waals surface area contributed by atoms with Gasteiger partial charge in [-0.15, -0.1) is 0 Å². The molecule has 12 aromatic carbocycles. The van der Waals surface area contributed by atoms with Crippen LogP contribution in [0.1, 0.15) is 0 Å². The summed E-state index contributed by atoms with van der Waals surface area (Å²) in [5.41, 5.74) is 16.6. The van der Waals surface area contributed by atoms with Crippen molar-refractivity contribution in [3.63, 3.8) is 0 Å². The molecule has 2 heterocycles. The van der Waals surface area contributed by atoms with E-state index in [0.29, 0.717) is 0 Å². The van der Waals surface area contributed by atoms with E-state index >= 15 is 0 Å². The van der Waals surface area contributed by atoms with Gasteiger partial charge < -0.3 is 9.13 Å². The second-order valence-corrected chi connectivity index (χ2v) is 23.4. The molecule has 352 valence electrons. The van der Waals surface area contributed by atoms with Crippen LogP contribution in [-0.2, 0) is 0 Å². The minimum atomic E-state index is -3.09. The van der Waals surface area contributed by atoms with Crippen molar-refractivity contribution in [3.05, 3.63) is 303 Å². The van der Waals surface area contributed by atoms with Gasteiger partial charge in [0.15, 0.2) is 8.07 Å². The van der Waals surface area contributed by atoms with Crippen LogP contribution >= 0.6 is 0 Å². The smallest absolute Gasteiger partial charge is 0.179 e. The van der Waals surface area contributed by atoms with Crippen LogP contribution in [0.3, 0.4) is 0 Å². The molecular weight excluding hydrogens is 921 g/mol. The number of rotatable bonds is 10. The molecule has 75 heavy (non-hydrogen) atoms. The van der Waals surface area contributed by atoms with Crippen molar-refractivity contribution < 1.29 is 0 Å². The molecule has 0 atom stereocenters. The first kappa shape index (κ1) is 44.2. The first-order chi connectivity index (χ1) is 37.2. The van der Waals surface area contributed by atoms with E-state index in [4.69, 9.17) is 0 Å². The molecule has 0 spiro atoms. The molecule has 0 saturated heterocycles. The van der Waals surface area contributed by atoms with Gasteiger partial charge in [-0.2, -0.15) is 0 Å². The molecule has 0 bridgehead atoms. The minimum Gasteiger partial charge on any atom is -0.309 e. The zero-order valence-corrected chi connectivity index (χ0v) is 42.3. The predicted molar refractivity (Wildman–Crippen MR) is 320 cm³/mol. The molecule has 0 saturated carbocycles. The van der Waals surface area contributed by atoms with Crippen LogP contribution in [-0.4, -0.2) is 17.2 Å². The third kappa shape index (κ3) is 7.31. The van der Waals surface area contributed by atoms with Crippen molar-refractivity contribution in [2.45, 2.75) is 0 Å². The van der Waals surface area contributed by atoms with Crippen molar-refractivity contribution in [3.8, 4) is 55.9 Å². The highest BCUT2D eigenvalue weighted by Gasteiger charge is 2.42. The summed E-state index contributed by atoms with van der Waals surface area (Å²) in [7, 11) is -3.09. The molecular formula is C72H50N2Si. The molecule has 3 heteroatoms. The molecule has 0 fully saturated rings. The largest absolute Gasteiger partial charge is 0.309 e. The van der Waals surface area contributed by atoms with Crippen LogP contribution in [0, 0.1) is 0 Å². The Hall–Kier alpha value is -9.54. The van der Waals surface area contributed by atoms with E-state index in [9.17, 15) is 0 Å². The van der Waals surface area contributed by atoms with Gasteiger partial charge in [0, 0.05) is 38.4 Å². The highest BCUT2D eigenvalue weighted by molar-refractivity contribution is 7.20. The molecule has 14 aromatic rings. The molecule has 14 rings (SSSR count). The lowest BCUT2D eigenvalue weighted by Crippen LogP contribution is -2.74. The van der Waals surface area contributed by atoms with Gasteiger partial charge in [0.1, 0.15) is 0 Å². The van der Waals surface area contributed by atoms with Crippen molar-refractivity contribution in [1.82, 2.24) is 9.13 Å². The Labute approximate surface area is 438 Å². The molecule has 0 N–H and O–H groups in total. The lowest BCUT2D eigenvalue weighted by atomic mass is 9.95.